The molecular formula is C9H9N2O+. The van der Waals surface area contributed by atoms with Crippen molar-refractivity contribution in [2.45, 2.75) is 0 Å². The molecule has 0 saturated carbocycles. The average molecular weight is 161 g/mol. The molecule has 0 aliphatic rings. The van der Waals surface area contributed by atoms with Crippen molar-refractivity contribution < 1.29 is 4.98 Å². The fourth-order valence-corrected chi connectivity index (χ4v) is 1.24. The minimum Gasteiger partial charge on any atom is -0.301 e. The zero-order valence-electron chi connectivity index (χ0n) is 6.74. The molecule has 0 aliphatic carbocycles. The van der Waals surface area contributed by atoms with Crippen molar-refractivity contribution in [2.75, 3.05) is 0 Å². The van der Waals surface area contributed by atoms with Crippen molar-refractivity contribution in [2.24, 2.45) is 7.05 Å². The molecule has 0 bridgehead atoms. The first-order valence-electron chi connectivity index (χ1n) is 3.75. The zero-order valence-corrected chi connectivity index (χ0v) is 6.74. The van der Waals surface area contributed by atoms with Gasteiger partial charge in [-0.1, -0.05) is 12.1 Å². The SMILES string of the molecule is Cn1c(=O)c[nH+]c2ccccc21. The molecule has 0 amide bonds. The van der Waals surface area contributed by atoms with Crippen LogP contribution in [0.25, 0.3) is 11.0 Å². The number of aromatic amines is 1. The molecule has 3 nitrogen and oxygen atoms in total. The van der Waals surface area contributed by atoms with Crippen LogP contribution in [0.5, 0.6) is 0 Å². The second-order valence-corrected chi connectivity index (χ2v) is 2.70. The molecule has 0 spiro atoms. The summed E-state index contributed by atoms with van der Waals surface area (Å²) in [7, 11) is 1.76. The average Bonchev–Trinajstić information content (AvgIpc) is 2.12. The minimum absolute atomic E-state index is 0.0197. The second kappa shape index (κ2) is 2.44. The van der Waals surface area contributed by atoms with Gasteiger partial charge < -0.3 is 4.57 Å². The van der Waals surface area contributed by atoms with E-state index in [9.17, 15) is 4.79 Å². The van der Waals surface area contributed by atoms with E-state index in [1.165, 1.54) is 6.20 Å². The number of nitrogens with one attached hydrogen (secondary N) is 1. The number of aryl methyl sites for hydroxylation is 1. The first-order valence-corrected chi connectivity index (χ1v) is 3.75. The van der Waals surface area contributed by atoms with Gasteiger partial charge in [-0.3, -0.25) is 4.79 Å². The van der Waals surface area contributed by atoms with Gasteiger partial charge >= 0.3 is 5.56 Å². The van der Waals surface area contributed by atoms with Gasteiger partial charge in [-0.25, -0.2) is 4.98 Å². The molecule has 1 aromatic carbocycles. The molecule has 0 unspecified atom stereocenters. The van der Waals surface area contributed by atoms with Crippen molar-refractivity contribution in [1.29, 1.82) is 0 Å². The number of fused-ring (bicyclic) bond motifs is 1. The van der Waals surface area contributed by atoms with Crippen LogP contribution >= 0.6 is 0 Å². The van der Waals surface area contributed by atoms with Crippen molar-refractivity contribution in [3.63, 3.8) is 0 Å². The maximum Gasteiger partial charge on any atom is 0.315 e. The van der Waals surface area contributed by atoms with Crippen LogP contribution in [0.3, 0.4) is 0 Å². The molecule has 0 atom stereocenters. The highest BCUT2D eigenvalue weighted by molar-refractivity contribution is 5.70. The molecule has 12 heavy (non-hydrogen) atoms. The quantitative estimate of drug-likeness (QED) is 0.549. The van der Waals surface area contributed by atoms with Crippen molar-refractivity contribution >= 4 is 11.0 Å². The number of hydrogen-bond donors (Lipinski definition) is 0. The maximum atomic E-state index is 11.2. The molecule has 2 rings (SSSR count). The Kier molecular flexibility index (Phi) is 1.43. The third-order valence-corrected chi connectivity index (χ3v) is 1.95. The highest BCUT2D eigenvalue weighted by Gasteiger charge is 2.02. The smallest absolute Gasteiger partial charge is 0.301 e. The third kappa shape index (κ3) is 0.906. The topological polar surface area (TPSA) is 36.1 Å². The lowest BCUT2D eigenvalue weighted by Crippen LogP contribution is -2.23. The normalized spacial score (nSPS) is 10.4. The Balaban J connectivity index is 3.01. The lowest BCUT2D eigenvalue weighted by atomic mass is 10.3. The number of hydrogen-bond acceptors (Lipinski definition) is 1. The molecule has 1 heterocycles. The number of rotatable bonds is 0. The van der Waals surface area contributed by atoms with Gasteiger partial charge in [-0.05, 0) is 6.07 Å². The van der Waals surface area contributed by atoms with Crippen molar-refractivity contribution in [3.05, 3.63) is 40.8 Å². The van der Waals surface area contributed by atoms with Crippen molar-refractivity contribution in [3.8, 4) is 0 Å². The molecule has 0 radical (unpaired) electrons. The molecule has 0 aliphatic heterocycles. The van der Waals surface area contributed by atoms with Crippen LogP contribution in [-0.4, -0.2) is 4.57 Å². The van der Waals surface area contributed by atoms with Gasteiger partial charge in [-0.2, -0.15) is 0 Å². The summed E-state index contributed by atoms with van der Waals surface area (Å²) in [6.07, 6.45) is 1.46. The van der Waals surface area contributed by atoms with E-state index in [4.69, 9.17) is 0 Å². The predicted molar refractivity (Wildman–Crippen MR) is 45.7 cm³/mol. The molecule has 60 valence electrons. The zero-order chi connectivity index (χ0) is 8.55. The van der Waals surface area contributed by atoms with Crippen molar-refractivity contribution in [1.82, 2.24) is 4.57 Å². The fourth-order valence-electron chi connectivity index (χ4n) is 1.24. The molecular weight excluding hydrogens is 152 g/mol. The second-order valence-electron chi connectivity index (χ2n) is 2.70. The fraction of sp³-hybridized carbons (Fsp3) is 0.111. The lowest BCUT2D eigenvalue weighted by molar-refractivity contribution is -0.347. The van der Waals surface area contributed by atoms with E-state index in [1.807, 2.05) is 24.3 Å². The van der Waals surface area contributed by atoms with E-state index in [1.54, 1.807) is 11.6 Å². The summed E-state index contributed by atoms with van der Waals surface area (Å²) in [6, 6.07) is 7.70. The summed E-state index contributed by atoms with van der Waals surface area (Å²) in [4.78, 5) is 14.1. The van der Waals surface area contributed by atoms with Crippen LogP contribution in [0.4, 0.5) is 0 Å². The Morgan fingerprint density at radius 1 is 1.33 bits per heavy atom. The third-order valence-electron chi connectivity index (χ3n) is 1.95. The van der Waals surface area contributed by atoms with E-state index >= 15 is 0 Å². The maximum absolute atomic E-state index is 11.2. The molecule has 1 N–H and O–H groups in total. The van der Waals surface area contributed by atoms with Crippen LogP contribution < -0.4 is 10.5 Å². The molecule has 3 heteroatoms. The van der Waals surface area contributed by atoms with E-state index in [-0.39, 0.29) is 5.56 Å². The summed E-state index contributed by atoms with van der Waals surface area (Å²) < 4.78 is 1.62. The van der Waals surface area contributed by atoms with Gasteiger partial charge in [0.25, 0.3) is 0 Å². The highest BCUT2D eigenvalue weighted by Crippen LogP contribution is 2.02. The van der Waals surface area contributed by atoms with E-state index in [2.05, 4.69) is 4.98 Å². The molecule has 1 aromatic heterocycles. The Morgan fingerprint density at radius 3 is 2.92 bits per heavy atom. The van der Waals surface area contributed by atoms with Crippen LogP contribution in [0.1, 0.15) is 0 Å². The Labute approximate surface area is 69.3 Å². The largest absolute Gasteiger partial charge is 0.315 e. The summed E-state index contributed by atoms with van der Waals surface area (Å²) in [5.74, 6) is 0. The van der Waals surface area contributed by atoms with Gasteiger partial charge in [0.1, 0.15) is 5.52 Å². The standard InChI is InChI=1S/C9H8N2O/c1-11-8-5-3-2-4-7(8)10-6-9(11)12/h2-6H,1H3/p+1. The Bertz CT molecular complexity index is 473. The van der Waals surface area contributed by atoms with Crippen LogP contribution in [0.2, 0.25) is 0 Å². The molecule has 2 aromatic rings. The van der Waals surface area contributed by atoms with Gasteiger partial charge in [0.15, 0.2) is 0 Å². The predicted octanol–water partition coefficient (Wildman–Crippen LogP) is 0.353. The van der Waals surface area contributed by atoms with Gasteiger partial charge in [0.2, 0.25) is 11.7 Å². The number of para-hydroxylation sites is 2. The number of nitrogens with zero attached hydrogens (tertiary/aromatic N) is 1. The molecule has 0 fully saturated rings. The lowest BCUT2D eigenvalue weighted by Gasteiger charge is -1.96. The van der Waals surface area contributed by atoms with Crippen LogP contribution in [-0.2, 0) is 7.05 Å². The van der Waals surface area contributed by atoms with E-state index in [0.29, 0.717) is 0 Å². The summed E-state index contributed by atoms with van der Waals surface area (Å²) in [5, 5.41) is 0. The number of aromatic nitrogens is 2. The Morgan fingerprint density at radius 2 is 2.08 bits per heavy atom. The van der Waals surface area contributed by atoms with Crippen LogP contribution in [0, 0.1) is 0 Å². The van der Waals surface area contributed by atoms with Gasteiger partial charge in [-0.15, -0.1) is 0 Å². The summed E-state index contributed by atoms with van der Waals surface area (Å²) in [6.45, 7) is 0. The van der Waals surface area contributed by atoms with E-state index < -0.39 is 0 Å². The summed E-state index contributed by atoms with van der Waals surface area (Å²) in [5.41, 5.74) is 1.87. The van der Waals surface area contributed by atoms with Gasteiger partial charge in [0.05, 0.1) is 0 Å². The van der Waals surface area contributed by atoms with Gasteiger partial charge in [0, 0.05) is 13.1 Å². The van der Waals surface area contributed by atoms with E-state index in [0.717, 1.165) is 11.0 Å². The number of H-pyrrole nitrogens is 1. The Hall–Kier alpha value is -1.64. The summed E-state index contributed by atoms with van der Waals surface area (Å²) >= 11 is 0. The molecule has 0 saturated heterocycles. The number of benzene rings is 1. The monoisotopic (exact) mass is 161 g/mol. The first-order chi connectivity index (χ1) is 5.79. The minimum atomic E-state index is -0.0197. The highest BCUT2D eigenvalue weighted by atomic mass is 16.1. The first kappa shape index (κ1) is 7.03. The van der Waals surface area contributed by atoms with Crippen LogP contribution in [0.15, 0.2) is 35.3 Å².